The van der Waals surface area contributed by atoms with Crippen molar-refractivity contribution in [1.82, 2.24) is 14.5 Å². The Balaban J connectivity index is 2.67. The lowest BCUT2D eigenvalue weighted by Crippen LogP contribution is -2.40. The Morgan fingerprint density at radius 1 is 1.59 bits per heavy atom. The summed E-state index contributed by atoms with van der Waals surface area (Å²) in [6, 6.07) is 0. The van der Waals surface area contributed by atoms with Crippen molar-refractivity contribution in [3.05, 3.63) is 21.6 Å². The normalized spacial score (nSPS) is 13.5. The molecule has 9 nitrogen and oxygen atoms in total. The first-order valence-electron chi connectivity index (χ1n) is 6.71. The van der Waals surface area contributed by atoms with Crippen molar-refractivity contribution in [3.8, 4) is 0 Å². The lowest BCUT2D eigenvalue weighted by Gasteiger charge is -2.25. The number of amides is 1. The van der Waals surface area contributed by atoms with Gasteiger partial charge in [0.1, 0.15) is 18.4 Å². The molecule has 1 aromatic heterocycles. The Hall–Kier alpha value is -1.87. The molecule has 0 saturated heterocycles. The van der Waals surface area contributed by atoms with Gasteiger partial charge in [0.05, 0.1) is 6.54 Å². The van der Waals surface area contributed by atoms with E-state index in [0.717, 1.165) is 6.20 Å². The van der Waals surface area contributed by atoms with E-state index in [2.05, 4.69) is 4.98 Å². The molecular weight excluding hydrogens is 316 g/mol. The Bertz CT molecular complexity index is 542. The molecule has 1 heterocycles. The lowest BCUT2D eigenvalue weighted by atomic mass is 10.1. The number of ether oxygens (including phenoxy) is 1. The summed E-state index contributed by atoms with van der Waals surface area (Å²) in [5.74, 6) is -0.416. The third kappa shape index (κ3) is 4.85. The number of aromatic nitrogens is 2. The van der Waals surface area contributed by atoms with Gasteiger partial charge < -0.3 is 24.9 Å². The summed E-state index contributed by atoms with van der Waals surface area (Å²) in [5.41, 5.74) is -1.44. The van der Waals surface area contributed by atoms with Crippen molar-refractivity contribution in [2.24, 2.45) is 0 Å². The molecule has 0 bridgehead atoms. The zero-order chi connectivity index (χ0) is 16.9. The summed E-state index contributed by atoms with van der Waals surface area (Å²) in [6.45, 7) is 5.68. The van der Waals surface area contributed by atoms with E-state index in [4.69, 9.17) is 16.3 Å². The average Bonchev–Trinajstić information content (AvgIpc) is 2.79. The second kappa shape index (κ2) is 7.41. The molecular formula is C12H19ClN4O5. The Kier molecular flexibility index (Phi) is 6.12. The third-order valence-electron chi connectivity index (χ3n) is 2.94. The number of hydrogen-bond acceptors (Lipinski definition) is 6. The first kappa shape index (κ1) is 18.2. The number of carbonyl (C=O) groups excluding carboxylic acids is 1. The number of halogens is 1. The van der Waals surface area contributed by atoms with Gasteiger partial charge in [-0.25, -0.2) is 4.79 Å². The summed E-state index contributed by atoms with van der Waals surface area (Å²) in [5, 5.41) is 20.7. The van der Waals surface area contributed by atoms with Crippen molar-refractivity contribution in [2.75, 3.05) is 19.7 Å². The van der Waals surface area contributed by atoms with Crippen molar-refractivity contribution in [1.29, 1.82) is 0 Å². The van der Waals surface area contributed by atoms with Gasteiger partial charge in [0.2, 0.25) is 0 Å². The van der Waals surface area contributed by atoms with Crippen LogP contribution < -0.4 is 0 Å². The number of hydrogen-bond donors (Lipinski definition) is 1. The van der Waals surface area contributed by atoms with Crippen LogP contribution in [0.4, 0.5) is 10.6 Å². The smallest absolute Gasteiger partial charge is 0.409 e. The Morgan fingerprint density at radius 3 is 2.64 bits per heavy atom. The molecule has 0 saturated carbocycles. The number of carbonyl (C=O) groups is 1. The van der Waals surface area contributed by atoms with E-state index in [0.29, 0.717) is 13.1 Å². The van der Waals surface area contributed by atoms with Crippen LogP contribution in [0.2, 0.25) is 5.28 Å². The second-order valence-electron chi connectivity index (χ2n) is 4.98. The van der Waals surface area contributed by atoms with E-state index in [1.165, 1.54) is 16.4 Å². The lowest BCUT2D eigenvalue weighted by molar-refractivity contribution is -0.389. The van der Waals surface area contributed by atoms with Crippen molar-refractivity contribution in [2.45, 2.75) is 32.9 Å². The average molecular weight is 335 g/mol. The fraction of sp³-hybridized carbons (Fsp3) is 0.667. The highest BCUT2D eigenvalue weighted by molar-refractivity contribution is 6.28. The minimum atomic E-state index is -1.44. The molecule has 0 spiro atoms. The fourth-order valence-corrected chi connectivity index (χ4v) is 1.98. The van der Waals surface area contributed by atoms with E-state index in [9.17, 15) is 20.0 Å². The van der Waals surface area contributed by atoms with Gasteiger partial charge in [0.25, 0.3) is 0 Å². The molecule has 1 rings (SSSR count). The molecule has 1 amide bonds. The SMILES string of the molecule is CCN(CC)C(=O)OCC(C)(O)Cn1cc([N+](=O)[O-])nc1Cl. The zero-order valence-corrected chi connectivity index (χ0v) is 13.4. The largest absolute Gasteiger partial charge is 0.446 e. The van der Waals surface area contributed by atoms with Gasteiger partial charge in [-0.05, 0) is 42.3 Å². The molecule has 1 aromatic rings. The van der Waals surface area contributed by atoms with E-state index in [1.807, 2.05) is 13.8 Å². The highest BCUT2D eigenvalue weighted by atomic mass is 35.5. The van der Waals surface area contributed by atoms with E-state index in [1.54, 1.807) is 0 Å². The molecule has 10 heteroatoms. The van der Waals surface area contributed by atoms with Crippen molar-refractivity contribution >= 4 is 23.5 Å². The van der Waals surface area contributed by atoms with Crippen LogP contribution in [0.25, 0.3) is 0 Å². The molecule has 1 N–H and O–H groups in total. The Morgan fingerprint density at radius 2 is 2.18 bits per heavy atom. The van der Waals surface area contributed by atoms with Gasteiger partial charge >= 0.3 is 17.2 Å². The van der Waals surface area contributed by atoms with Crippen molar-refractivity contribution in [3.63, 3.8) is 0 Å². The maximum Gasteiger partial charge on any atom is 0.409 e. The van der Waals surface area contributed by atoms with Crippen LogP contribution in [0.3, 0.4) is 0 Å². The molecule has 1 atom stereocenters. The summed E-state index contributed by atoms with van der Waals surface area (Å²) in [6.07, 6.45) is 0.580. The zero-order valence-electron chi connectivity index (χ0n) is 12.7. The van der Waals surface area contributed by atoms with Gasteiger partial charge in [-0.15, -0.1) is 0 Å². The molecule has 1 unspecified atom stereocenters. The number of rotatable bonds is 7. The maximum atomic E-state index is 11.7. The molecule has 0 aliphatic heterocycles. The Labute approximate surface area is 132 Å². The quantitative estimate of drug-likeness (QED) is 0.599. The van der Waals surface area contributed by atoms with Gasteiger partial charge in [-0.2, -0.15) is 0 Å². The van der Waals surface area contributed by atoms with Crippen LogP contribution in [-0.4, -0.2) is 55.9 Å². The summed E-state index contributed by atoms with van der Waals surface area (Å²) >= 11 is 5.77. The number of aliphatic hydroxyl groups is 1. The monoisotopic (exact) mass is 334 g/mol. The molecule has 124 valence electrons. The summed E-state index contributed by atoms with van der Waals surface area (Å²) in [4.78, 5) is 26.7. The molecule has 0 aliphatic carbocycles. The topological polar surface area (TPSA) is 111 Å². The van der Waals surface area contributed by atoms with E-state index >= 15 is 0 Å². The predicted molar refractivity (Wildman–Crippen MR) is 78.8 cm³/mol. The molecule has 0 aliphatic rings. The van der Waals surface area contributed by atoms with E-state index < -0.39 is 22.4 Å². The number of nitrogens with zero attached hydrogens (tertiary/aromatic N) is 4. The van der Waals surface area contributed by atoms with Crippen LogP contribution in [-0.2, 0) is 11.3 Å². The predicted octanol–water partition coefficient (Wildman–Crippen LogP) is 1.67. The van der Waals surface area contributed by atoms with Gasteiger partial charge in [-0.3, -0.25) is 4.57 Å². The summed E-state index contributed by atoms with van der Waals surface area (Å²) in [7, 11) is 0. The van der Waals surface area contributed by atoms with Crippen LogP contribution in [0.15, 0.2) is 6.20 Å². The minimum Gasteiger partial charge on any atom is -0.446 e. The highest BCUT2D eigenvalue weighted by Gasteiger charge is 2.28. The summed E-state index contributed by atoms with van der Waals surface area (Å²) < 4.78 is 6.27. The van der Waals surface area contributed by atoms with Crippen LogP contribution in [0.5, 0.6) is 0 Å². The standard InChI is InChI=1S/C12H19ClN4O5/c1-4-15(5-2)11(18)22-8-12(3,19)7-16-6-9(17(20)21)14-10(16)13/h6,19H,4-5,7-8H2,1-3H3. The number of imidazole rings is 1. The van der Waals surface area contributed by atoms with Gasteiger partial charge in [0, 0.05) is 13.1 Å². The van der Waals surface area contributed by atoms with E-state index in [-0.39, 0.29) is 18.4 Å². The van der Waals surface area contributed by atoms with Gasteiger partial charge in [-0.1, -0.05) is 0 Å². The molecule has 0 radical (unpaired) electrons. The van der Waals surface area contributed by atoms with Crippen LogP contribution in [0.1, 0.15) is 20.8 Å². The van der Waals surface area contributed by atoms with Crippen LogP contribution >= 0.6 is 11.6 Å². The van der Waals surface area contributed by atoms with Gasteiger partial charge in [0.15, 0.2) is 0 Å². The molecule has 0 fully saturated rings. The number of nitro groups is 1. The van der Waals surface area contributed by atoms with Crippen LogP contribution in [0, 0.1) is 10.1 Å². The molecule has 22 heavy (non-hydrogen) atoms. The highest BCUT2D eigenvalue weighted by Crippen LogP contribution is 2.19. The second-order valence-corrected chi connectivity index (χ2v) is 5.32. The fourth-order valence-electron chi connectivity index (χ4n) is 1.78. The van der Waals surface area contributed by atoms with Crippen molar-refractivity contribution < 1.29 is 19.6 Å². The minimum absolute atomic E-state index is 0.0990. The molecule has 0 aromatic carbocycles. The maximum absolute atomic E-state index is 11.7. The first-order chi connectivity index (χ1) is 10.2. The first-order valence-corrected chi connectivity index (χ1v) is 7.09. The third-order valence-corrected chi connectivity index (χ3v) is 3.24.